The summed E-state index contributed by atoms with van der Waals surface area (Å²) in [5, 5.41) is 8.08. The van der Waals surface area contributed by atoms with Crippen molar-refractivity contribution >= 4 is 46.7 Å². The molecule has 1 amide bonds. The summed E-state index contributed by atoms with van der Waals surface area (Å²) in [4.78, 5) is 23.9. The lowest BCUT2D eigenvalue weighted by Gasteiger charge is -2.26. The molecule has 3 rings (SSSR count). The van der Waals surface area contributed by atoms with Crippen LogP contribution in [-0.4, -0.2) is 93.2 Å². The minimum Gasteiger partial charge on any atom is -0.379 e. The molecule has 2 heterocycles. The summed E-state index contributed by atoms with van der Waals surface area (Å²) in [5.74, 6) is 0.680. The fourth-order valence-corrected chi connectivity index (χ4v) is 3.89. The van der Waals surface area contributed by atoms with Crippen LogP contribution >= 0.6 is 24.0 Å². The third-order valence-corrected chi connectivity index (χ3v) is 5.87. The van der Waals surface area contributed by atoms with E-state index in [1.54, 1.807) is 19.0 Å². The second-order valence-corrected chi connectivity index (χ2v) is 8.37. The molecule has 2 aromatic rings. The lowest BCUT2D eigenvalue weighted by molar-refractivity contribution is -0.127. The van der Waals surface area contributed by atoms with E-state index in [0.717, 1.165) is 65.2 Å². The number of aromatic nitrogens is 1. The fourth-order valence-electron chi connectivity index (χ4n) is 3.89. The number of hydrogen-bond donors (Lipinski definition) is 3. The number of para-hydroxylation sites is 1. The molecule has 0 spiro atoms. The van der Waals surface area contributed by atoms with Crippen molar-refractivity contribution in [1.82, 2.24) is 25.4 Å². The molecule has 0 saturated carbocycles. The van der Waals surface area contributed by atoms with Gasteiger partial charge in [0, 0.05) is 57.4 Å². The first-order valence-corrected chi connectivity index (χ1v) is 11.7. The van der Waals surface area contributed by atoms with Crippen molar-refractivity contribution in [3.8, 4) is 0 Å². The number of rotatable bonds is 10. The summed E-state index contributed by atoms with van der Waals surface area (Å²) in [6.07, 6.45) is 5.02. The number of H-pyrrole nitrogens is 1. The van der Waals surface area contributed by atoms with Gasteiger partial charge in [0.25, 0.3) is 0 Å². The van der Waals surface area contributed by atoms with Gasteiger partial charge in [-0.2, -0.15) is 0 Å². The van der Waals surface area contributed by atoms with Gasteiger partial charge in [-0.15, -0.1) is 24.0 Å². The molecule has 0 atom stereocenters. The molecule has 1 fully saturated rings. The van der Waals surface area contributed by atoms with Gasteiger partial charge in [0.05, 0.1) is 13.2 Å². The zero-order valence-corrected chi connectivity index (χ0v) is 22.5. The van der Waals surface area contributed by atoms with Crippen molar-refractivity contribution in [2.24, 2.45) is 4.99 Å². The van der Waals surface area contributed by atoms with Gasteiger partial charge in [0.1, 0.15) is 6.54 Å². The highest BCUT2D eigenvalue weighted by molar-refractivity contribution is 14.0. The molecule has 1 aliphatic heterocycles. The van der Waals surface area contributed by atoms with Gasteiger partial charge in [-0.3, -0.25) is 9.69 Å². The van der Waals surface area contributed by atoms with Gasteiger partial charge in [0.15, 0.2) is 5.96 Å². The number of likely N-dealkylation sites (N-methyl/N-ethyl adjacent to an activating group) is 1. The van der Waals surface area contributed by atoms with E-state index in [0.29, 0.717) is 5.96 Å². The summed E-state index contributed by atoms with van der Waals surface area (Å²) in [6.45, 7) is 8.56. The smallest absolute Gasteiger partial charge is 0.243 e. The predicted octanol–water partition coefficient (Wildman–Crippen LogP) is 2.24. The SMILES string of the molecule is CCc1cccc2c(CCNC(=NCC(=O)N(C)C)NCCCN3CCOCC3)c[nH]c12.I. The van der Waals surface area contributed by atoms with Crippen molar-refractivity contribution in [3.63, 3.8) is 0 Å². The van der Waals surface area contributed by atoms with E-state index in [2.05, 4.69) is 56.8 Å². The second kappa shape index (κ2) is 14.4. The molecule has 1 aromatic carbocycles. The quantitative estimate of drug-likeness (QED) is 0.177. The summed E-state index contributed by atoms with van der Waals surface area (Å²) in [5.41, 5.74) is 3.86. The number of carbonyl (C=O) groups excluding carboxylic acids is 1. The number of aromatic amines is 1. The van der Waals surface area contributed by atoms with Crippen molar-refractivity contribution in [3.05, 3.63) is 35.5 Å². The van der Waals surface area contributed by atoms with E-state index in [-0.39, 0.29) is 36.4 Å². The zero-order valence-electron chi connectivity index (χ0n) is 20.2. The molecule has 8 nitrogen and oxygen atoms in total. The number of nitrogens with one attached hydrogen (secondary N) is 3. The predicted molar refractivity (Wildman–Crippen MR) is 146 cm³/mol. The number of halogens is 1. The number of nitrogens with zero attached hydrogens (tertiary/aromatic N) is 3. The maximum Gasteiger partial charge on any atom is 0.243 e. The minimum atomic E-state index is -0.0110. The molecule has 0 bridgehead atoms. The summed E-state index contributed by atoms with van der Waals surface area (Å²) in [7, 11) is 3.50. The maximum absolute atomic E-state index is 12.0. The standard InChI is InChI=1S/C24H38N6O2.HI/c1-4-19-7-5-8-21-20(17-27-23(19)21)9-11-26-24(28-18-22(31)29(2)3)25-10-6-12-30-13-15-32-16-14-30;/h5,7-8,17,27H,4,6,9-16,18H2,1-3H3,(H2,25,26,28);1H. The molecule has 184 valence electrons. The summed E-state index contributed by atoms with van der Waals surface area (Å²) in [6, 6.07) is 6.48. The van der Waals surface area contributed by atoms with Crippen LogP contribution in [0.5, 0.6) is 0 Å². The maximum atomic E-state index is 12.0. The van der Waals surface area contributed by atoms with Gasteiger partial charge in [-0.25, -0.2) is 4.99 Å². The van der Waals surface area contributed by atoms with E-state index >= 15 is 0 Å². The van der Waals surface area contributed by atoms with Gasteiger partial charge in [-0.05, 0) is 36.9 Å². The van der Waals surface area contributed by atoms with Gasteiger partial charge >= 0.3 is 0 Å². The number of ether oxygens (including phenoxy) is 1. The highest BCUT2D eigenvalue weighted by Crippen LogP contribution is 2.22. The van der Waals surface area contributed by atoms with Crippen LogP contribution in [0.2, 0.25) is 0 Å². The lowest BCUT2D eigenvalue weighted by Crippen LogP contribution is -2.41. The first-order valence-electron chi connectivity index (χ1n) is 11.7. The number of morpholine rings is 1. The van der Waals surface area contributed by atoms with Crippen LogP contribution in [0, 0.1) is 0 Å². The molecule has 1 saturated heterocycles. The molecule has 0 unspecified atom stereocenters. The zero-order chi connectivity index (χ0) is 22.8. The number of aryl methyl sites for hydroxylation is 1. The third kappa shape index (κ3) is 8.46. The Hall–Kier alpha value is -1.85. The number of fused-ring (bicyclic) bond motifs is 1. The van der Waals surface area contributed by atoms with Crippen molar-refractivity contribution in [2.45, 2.75) is 26.2 Å². The molecule has 1 aliphatic rings. The Bertz CT molecular complexity index is 892. The molecule has 33 heavy (non-hydrogen) atoms. The molecular formula is C24H39IN6O2. The monoisotopic (exact) mass is 570 g/mol. The first-order chi connectivity index (χ1) is 15.6. The normalized spacial score (nSPS) is 14.7. The average molecular weight is 571 g/mol. The minimum absolute atomic E-state index is 0. The van der Waals surface area contributed by atoms with Gasteiger partial charge in [0.2, 0.25) is 5.91 Å². The Labute approximate surface area is 214 Å². The summed E-state index contributed by atoms with van der Waals surface area (Å²) < 4.78 is 5.41. The van der Waals surface area contributed by atoms with Crippen LogP contribution in [0.15, 0.2) is 29.4 Å². The van der Waals surface area contributed by atoms with E-state index in [1.165, 1.54) is 22.0 Å². The van der Waals surface area contributed by atoms with Crippen LogP contribution in [0.1, 0.15) is 24.5 Å². The molecule has 0 aliphatic carbocycles. The Morgan fingerprint density at radius 1 is 1.18 bits per heavy atom. The third-order valence-electron chi connectivity index (χ3n) is 5.87. The Balaban J connectivity index is 0.00000385. The topological polar surface area (TPSA) is 85.0 Å². The van der Waals surface area contributed by atoms with Crippen molar-refractivity contribution in [1.29, 1.82) is 0 Å². The Morgan fingerprint density at radius 2 is 1.94 bits per heavy atom. The number of hydrogen-bond acceptors (Lipinski definition) is 4. The number of amides is 1. The highest BCUT2D eigenvalue weighted by Gasteiger charge is 2.10. The molecule has 3 N–H and O–H groups in total. The number of guanidine groups is 1. The summed E-state index contributed by atoms with van der Waals surface area (Å²) >= 11 is 0. The lowest BCUT2D eigenvalue weighted by atomic mass is 10.1. The number of benzene rings is 1. The molecule has 0 radical (unpaired) electrons. The molecular weight excluding hydrogens is 531 g/mol. The van der Waals surface area contributed by atoms with Gasteiger partial charge < -0.3 is 25.3 Å². The van der Waals surface area contributed by atoms with Crippen LogP contribution in [0.3, 0.4) is 0 Å². The largest absolute Gasteiger partial charge is 0.379 e. The van der Waals surface area contributed by atoms with E-state index in [9.17, 15) is 4.79 Å². The average Bonchev–Trinajstić information content (AvgIpc) is 3.23. The molecule has 9 heteroatoms. The van der Waals surface area contributed by atoms with Crippen LogP contribution < -0.4 is 10.6 Å². The van der Waals surface area contributed by atoms with Crippen LogP contribution in [0.4, 0.5) is 0 Å². The van der Waals surface area contributed by atoms with Gasteiger partial charge in [-0.1, -0.05) is 25.1 Å². The Morgan fingerprint density at radius 3 is 2.67 bits per heavy atom. The van der Waals surface area contributed by atoms with E-state index in [4.69, 9.17) is 4.74 Å². The van der Waals surface area contributed by atoms with Crippen molar-refractivity contribution in [2.75, 3.05) is 66.6 Å². The number of aliphatic imine (C=N–C) groups is 1. The second-order valence-electron chi connectivity index (χ2n) is 8.37. The van der Waals surface area contributed by atoms with E-state index < -0.39 is 0 Å². The number of carbonyl (C=O) groups is 1. The van der Waals surface area contributed by atoms with E-state index in [1.807, 2.05) is 0 Å². The Kier molecular flexibility index (Phi) is 12.0. The highest BCUT2D eigenvalue weighted by atomic mass is 127. The van der Waals surface area contributed by atoms with Crippen LogP contribution in [0.25, 0.3) is 10.9 Å². The fraction of sp³-hybridized carbons (Fsp3) is 0.583. The van der Waals surface area contributed by atoms with Crippen LogP contribution in [-0.2, 0) is 22.4 Å². The first kappa shape index (κ1) is 27.4. The van der Waals surface area contributed by atoms with Crippen molar-refractivity contribution < 1.29 is 9.53 Å². The molecule has 1 aromatic heterocycles.